The smallest absolute Gasteiger partial charge is 0.0657 e. The van der Waals surface area contributed by atoms with Gasteiger partial charge in [0.25, 0.3) is 0 Å². The van der Waals surface area contributed by atoms with E-state index in [1.807, 2.05) is 0 Å². The predicted molar refractivity (Wildman–Crippen MR) is 309 cm³/mol. The first kappa shape index (κ1) is 53.6. The van der Waals surface area contributed by atoms with Crippen LogP contribution in [0.1, 0.15) is 242 Å². The number of unbranched alkanes of at least 4 members (excludes halogenated alkanes) is 4. The van der Waals surface area contributed by atoms with E-state index in [-0.39, 0.29) is 0 Å². The van der Waals surface area contributed by atoms with Gasteiger partial charge in [-0.3, -0.25) is 0 Å². The van der Waals surface area contributed by atoms with Crippen LogP contribution < -0.4 is 0 Å². The van der Waals surface area contributed by atoms with E-state index >= 15 is 0 Å². The van der Waals surface area contributed by atoms with E-state index in [0.29, 0.717) is 25.0 Å². The van der Waals surface area contributed by atoms with Gasteiger partial charge in [-0.25, -0.2) is 0 Å². The molecule has 8 rings (SSSR count). The molecule has 71 heavy (non-hydrogen) atoms. The molecular weight excluding hydrogens is 857 g/mol. The van der Waals surface area contributed by atoms with E-state index in [9.17, 15) is 0 Å². The molecule has 0 heterocycles. The van der Waals surface area contributed by atoms with Crippen molar-refractivity contribution in [2.75, 3.05) is 13.2 Å². The van der Waals surface area contributed by atoms with Gasteiger partial charge in [0.05, 0.1) is 13.2 Å². The molecule has 1 heteroatoms. The maximum Gasteiger partial charge on any atom is 0.0657 e. The highest BCUT2D eigenvalue weighted by molar-refractivity contribution is 5.73. The first-order chi connectivity index (χ1) is 35.0. The van der Waals surface area contributed by atoms with Crippen LogP contribution in [0.15, 0.2) is 109 Å². The van der Waals surface area contributed by atoms with E-state index < -0.39 is 0 Å². The average Bonchev–Trinajstić information content (AvgIpc) is 3.42. The largest absolute Gasteiger partial charge is 0.373 e. The van der Waals surface area contributed by atoms with Crippen LogP contribution >= 0.6 is 0 Å². The summed E-state index contributed by atoms with van der Waals surface area (Å²) in [5.41, 5.74) is 14.2. The highest BCUT2D eigenvalue weighted by Crippen LogP contribution is 2.43. The predicted octanol–water partition coefficient (Wildman–Crippen LogP) is 21.4. The summed E-state index contributed by atoms with van der Waals surface area (Å²) in [4.78, 5) is 0. The molecular formula is C70H98O. The molecule has 1 nitrogen and oxygen atoms in total. The quantitative estimate of drug-likeness (QED) is 0.0636. The van der Waals surface area contributed by atoms with Crippen molar-refractivity contribution >= 4 is 11.1 Å². The van der Waals surface area contributed by atoms with Crippen molar-refractivity contribution in [3.05, 3.63) is 131 Å². The molecule has 0 aromatic heterocycles. The lowest BCUT2D eigenvalue weighted by atomic mass is 9.75. The lowest BCUT2D eigenvalue weighted by Crippen LogP contribution is -2.16. The third-order valence-electron chi connectivity index (χ3n) is 18.8. The minimum absolute atomic E-state index is 0.609. The molecule has 0 aliphatic heterocycles. The Balaban J connectivity index is 0.914. The van der Waals surface area contributed by atoms with Crippen LogP contribution in [0.5, 0.6) is 0 Å². The summed E-state index contributed by atoms with van der Waals surface area (Å²) in [5.74, 6) is 6.42. The molecule has 0 unspecified atom stereocenters. The number of hydrogen-bond donors (Lipinski definition) is 0. The lowest BCUT2D eigenvalue weighted by Gasteiger charge is -2.31. The molecule has 384 valence electrons. The summed E-state index contributed by atoms with van der Waals surface area (Å²) >= 11 is 0. The molecule has 4 fully saturated rings. The van der Waals surface area contributed by atoms with Crippen molar-refractivity contribution in [2.45, 2.75) is 219 Å². The average molecular weight is 956 g/mol. The fraction of sp³-hybridized carbons (Fsp3) is 0.600. The molecule has 4 aromatic carbocycles. The summed E-state index contributed by atoms with van der Waals surface area (Å²) < 4.78 is 6.65. The van der Waals surface area contributed by atoms with E-state index in [2.05, 4.69) is 137 Å². The Bertz CT molecular complexity index is 1980. The van der Waals surface area contributed by atoms with Crippen LogP contribution in [0, 0.1) is 35.5 Å². The van der Waals surface area contributed by atoms with Crippen LogP contribution in [0.25, 0.3) is 33.4 Å². The second-order valence-corrected chi connectivity index (χ2v) is 23.7. The molecule has 0 radical (unpaired) electrons. The third-order valence-corrected chi connectivity index (χ3v) is 18.8. The molecule has 4 aromatic rings. The Morgan fingerprint density at radius 3 is 0.986 bits per heavy atom. The maximum absolute atomic E-state index is 6.65. The van der Waals surface area contributed by atoms with Gasteiger partial charge in [0.2, 0.25) is 0 Å². The molecule has 4 aliphatic carbocycles. The Morgan fingerprint density at radius 1 is 0.352 bits per heavy atom. The van der Waals surface area contributed by atoms with Gasteiger partial charge in [-0.2, -0.15) is 0 Å². The molecule has 4 aliphatic rings. The SMILES string of the molecule is CCCCC[C@H]1CC[C@H](c2ccc(-c3ccc(C(=CCOCC=C(c4ccc(-c5ccc([C@H]6CC[C@H](CCCCC)CC6)cc5)cc4)[C@H]4CC[C@H](CCC)CC4)[C@H]4CC[C@H](CCC)CC4)cc3)cc2)CC1. The zero-order valence-corrected chi connectivity index (χ0v) is 45.6. The van der Waals surface area contributed by atoms with Crippen LogP contribution in [-0.2, 0) is 4.74 Å². The summed E-state index contributed by atoms with van der Waals surface area (Å²) in [7, 11) is 0. The standard InChI is InChI=1S/C70H98O/c1-5-9-11-15-55-17-25-57(26-18-55)59-33-37-61(38-34-59)63-41-45-67(46-42-63)69(65-29-21-53(13-7-3)22-30-65)49-51-71-52-50-70(66-31-23-54(14-8-4)24-32-66)68-47-43-64(44-48-68)62-39-35-60(36-40-62)58-27-19-56(20-28-58)16-12-10-6-2/h33-50,53-58,65-66H,5-32,51-52H2,1-4H3/t53-,54-,55-,56-,57-,58-,65-,66-. The Hall–Kier alpha value is -3.68. The summed E-state index contributed by atoms with van der Waals surface area (Å²) in [6.45, 7) is 10.7. The zero-order chi connectivity index (χ0) is 49.0. The molecule has 0 spiro atoms. The van der Waals surface area contributed by atoms with E-state index in [1.165, 1.54) is 224 Å². The first-order valence-electron chi connectivity index (χ1n) is 30.4. The monoisotopic (exact) mass is 955 g/mol. The van der Waals surface area contributed by atoms with Crippen LogP contribution in [0.4, 0.5) is 0 Å². The maximum atomic E-state index is 6.65. The Labute approximate surface area is 435 Å². The molecule has 4 saturated carbocycles. The van der Waals surface area contributed by atoms with Gasteiger partial charge in [-0.15, -0.1) is 0 Å². The molecule has 0 saturated heterocycles. The van der Waals surface area contributed by atoms with Crippen molar-refractivity contribution < 1.29 is 4.74 Å². The number of allylic oxidation sites excluding steroid dienone is 2. The minimum Gasteiger partial charge on any atom is -0.373 e. The van der Waals surface area contributed by atoms with Gasteiger partial charge >= 0.3 is 0 Å². The second kappa shape index (κ2) is 28.7. The van der Waals surface area contributed by atoms with Crippen molar-refractivity contribution in [2.24, 2.45) is 35.5 Å². The number of ether oxygens (including phenoxy) is 1. The first-order valence-corrected chi connectivity index (χ1v) is 30.4. The van der Waals surface area contributed by atoms with E-state index in [0.717, 1.165) is 35.5 Å². The van der Waals surface area contributed by atoms with Crippen molar-refractivity contribution in [3.8, 4) is 22.3 Å². The van der Waals surface area contributed by atoms with Crippen molar-refractivity contribution in [3.63, 3.8) is 0 Å². The number of benzene rings is 4. The molecule has 0 bridgehead atoms. The minimum atomic E-state index is 0.609. The van der Waals surface area contributed by atoms with Gasteiger partial charge in [-0.05, 0) is 206 Å². The van der Waals surface area contributed by atoms with Gasteiger partial charge in [0, 0.05) is 0 Å². The number of hydrogen-bond acceptors (Lipinski definition) is 1. The Morgan fingerprint density at radius 2 is 0.662 bits per heavy atom. The van der Waals surface area contributed by atoms with Gasteiger partial charge in [-0.1, -0.05) is 214 Å². The van der Waals surface area contributed by atoms with Crippen molar-refractivity contribution in [1.82, 2.24) is 0 Å². The highest BCUT2D eigenvalue weighted by Gasteiger charge is 2.27. The topological polar surface area (TPSA) is 9.23 Å². The summed E-state index contributed by atoms with van der Waals surface area (Å²) in [5, 5.41) is 0. The molecule has 0 atom stereocenters. The second-order valence-electron chi connectivity index (χ2n) is 23.7. The number of rotatable bonds is 24. The van der Waals surface area contributed by atoms with Gasteiger partial charge in [0.1, 0.15) is 0 Å². The Kier molecular flexibility index (Phi) is 21.7. The fourth-order valence-corrected chi connectivity index (χ4v) is 14.3. The van der Waals surface area contributed by atoms with E-state index in [1.54, 1.807) is 11.1 Å². The normalized spacial score (nSPS) is 25.6. The van der Waals surface area contributed by atoms with Crippen LogP contribution in [0.3, 0.4) is 0 Å². The highest BCUT2D eigenvalue weighted by atomic mass is 16.5. The van der Waals surface area contributed by atoms with Crippen LogP contribution in [-0.4, -0.2) is 13.2 Å². The summed E-state index contributed by atoms with van der Waals surface area (Å²) in [6, 6.07) is 38.5. The molecule has 0 amide bonds. The van der Waals surface area contributed by atoms with E-state index in [4.69, 9.17) is 4.74 Å². The molecule has 0 N–H and O–H groups in total. The van der Waals surface area contributed by atoms with Gasteiger partial charge < -0.3 is 4.74 Å². The zero-order valence-electron chi connectivity index (χ0n) is 45.6. The van der Waals surface area contributed by atoms with Crippen LogP contribution in [0.2, 0.25) is 0 Å². The fourth-order valence-electron chi connectivity index (χ4n) is 14.3. The van der Waals surface area contributed by atoms with Crippen molar-refractivity contribution in [1.29, 1.82) is 0 Å². The van der Waals surface area contributed by atoms with Gasteiger partial charge in [0.15, 0.2) is 0 Å². The summed E-state index contributed by atoms with van der Waals surface area (Å²) in [6.07, 6.45) is 43.3. The lowest BCUT2D eigenvalue weighted by molar-refractivity contribution is 0.193. The third kappa shape index (κ3) is 15.7.